The molecule has 0 unspecified atom stereocenters. The molecule has 7 heteroatoms. The van der Waals surface area contributed by atoms with E-state index in [4.69, 9.17) is 4.52 Å². The number of benzene rings is 1. The van der Waals surface area contributed by atoms with Crippen molar-refractivity contribution >= 4 is 16.9 Å². The van der Waals surface area contributed by atoms with E-state index in [-0.39, 0.29) is 18.4 Å². The summed E-state index contributed by atoms with van der Waals surface area (Å²) in [7, 11) is 0. The van der Waals surface area contributed by atoms with Crippen molar-refractivity contribution < 1.29 is 9.32 Å². The monoisotopic (exact) mass is 299 g/mol. The van der Waals surface area contributed by atoms with Gasteiger partial charge >= 0.3 is 0 Å². The Hall–Kier alpha value is -2.70. The Morgan fingerprint density at radius 2 is 2.18 bits per heavy atom. The third-order valence-corrected chi connectivity index (χ3v) is 3.32. The molecule has 22 heavy (non-hydrogen) atoms. The lowest BCUT2D eigenvalue weighted by atomic mass is 10.1. The fraction of sp³-hybridized carbons (Fsp3) is 0.333. The Labute approximate surface area is 127 Å². The summed E-state index contributed by atoms with van der Waals surface area (Å²) in [5.41, 5.74) is 2.75. The molecule has 0 radical (unpaired) electrons. The van der Waals surface area contributed by atoms with Crippen molar-refractivity contribution in [1.29, 1.82) is 0 Å². The number of carbonyl (C=O) groups is 1. The average molecular weight is 299 g/mol. The maximum absolute atomic E-state index is 12.1. The van der Waals surface area contributed by atoms with E-state index in [0.717, 1.165) is 22.4 Å². The second-order valence-corrected chi connectivity index (χ2v) is 5.32. The number of amides is 1. The highest BCUT2D eigenvalue weighted by Gasteiger charge is 2.15. The number of nitrogens with one attached hydrogen (secondary N) is 2. The zero-order valence-electron chi connectivity index (χ0n) is 12.7. The molecule has 3 aromatic rings. The first-order valence-electron chi connectivity index (χ1n) is 7.06. The predicted octanol–water partition coefficient (Wildman–Crippen LogP) is 1.98. The van der Waals surface area contributed by atoms with Crippen LogP contribution in [0.4, 0.5) is 0 Å². The minimum atomic E-state index is -0.313. The van der Waals surface area contributed by atoms with E-state index in [1.54, 1.807) is 6.92 Å². The van der Waals surface area contributed by atoms with Crippen LogP contribution in [0.3, 0.4) is 0 Å². The number of hydrogen-bond donors (Lipinski definition) is 2. The highest BCUT2D eigenvalue weighted by atomic mass is 16.5. The van der Waals surface area contributed by atoms with Crippen LogP contribution < -0.4 is 5.32 Å². The quantitative estimate of drug-likeness (QED) is 0.768. The molecule has 1 amide bonds. The Balaban J connectivity index is 1.67. The summed E-state index contributed by atoms with van der Waals surface area (Å²) in [5.74, 6) is 1.72. The molecule has 2 heterocycles. The minimum Gasteiger partial charge on any atom is -0.344 e. The molecule has 3 rings (SSSR count). The van der Waals surface area contributed by atoms with E-state index in [9.17, 15) is 4.79 Å². The molecule has 0 spiro atoms. The van der Waals surface area contributed by atoms with Gasteiger partial charge in [-0.05, 0) is 38.5 Å². The van der Waals surface area contributed by atoms with Crippen LogP contribution in [-0.2, 0) is 11.2 Å². The molecule has 0 saturated carbocycles. The van der Waals surface area contributed by atoms with Crippen molar-refractivity contribution in [2.24, 2.45) is 0 Å². The number of aryl methyl sites for hydroxylation is 2. The Bertz CT molecular complexity index is 820. The first kappa shape index (κ1) is 14.2. The molecule has 0 bridgehead atoms. The van der Waals surface area contributed by atoms with Gasteiger partial charge in [0.2, 0.25) is 11.8 Å². The van der Waals surface area contributed by atoms with Crippen molar-refractivity contribution in [1.82, 2.24) is 25.4 Å². The molecule has 0 aliphatic rings. The molecule has 0 aliphatic carbocycles. The summed E-state index contributed by atoms with van der Waals surface area (Å²) in [6.45, 7) is 5.45. The average Bonchev–Trinajstić information content (AvgIpc) is 3.03. The van der Waals surface area contributed by atoms with Crippen LogP contribution in [0, 0.1) is 13.8 Å². The number of hydrogen-bond acceptors (Lipinski definition) is 5. The van der Waals surface area contributed by atoms with Gasteiger partial charge in [0.15, 0.2) is 5.82 Å². The molecule has 2 aromatic heterocycles. The number of fused-ring (bicyclic) bond motifs is 1. The van der Waals surface area contributed by atoms with Crippen molar-refractivity contribution in [3.63, 3.8) is 0 Å². The highest BCUT2D eigenvalue weighted by Crippen LogP contribution is 2.15. The number of nitrogens with zero attached hydrogens (tertiary/aromatic N) is 3. The normalized spacial score (nSPS) is 12.5. The third kappa shape index (κ3) is 2.98. The molecule has 1 atom stereocenters. The van der Waals surface area contributed by atoms with Crippen LogP contribution >= 0.6 is 0 Å². The molecule has 0 aliphatic heterocycles. The van der Waals surface area contributed by atoms with Gasteiger partial charge in [0.25, 0.3) is 0 Å². The lowest BCUT2D eigenvalue weighted by Crippen LogP contribution is -2.28. The van der Waals surface area contributed by atoms with E-state index < -0.39 is 0 Å². The summed E-state index contributed by atoms with van der Waals surface area (Å²) in [6.07, 6.45) is 0.283. The molecule has 2 N–H and O–H groups in total. The number of imidazole rings is 1. The summed E-state index contributed by atoms with van der Waals surface area (Å²) in [6, 6.07) is 5.44. The van der Waals surface area contributed by atoms with Crippen molar-refractivity contribution in [2.45, 2.75) is 33.2 Å². The van der Waals surface area contributed by atoms with Gasteiger partial charge in [-0.1, -0.05) is 11.2 Å². The molecule has 114 valence electrons. The van der Waals surface area contributed by atoms with Gasteiger partial charge in [0.05, 0.1) is 17.5 Å². The number of aromatic nitrogens is 4. The van der Waals surface area contributed by atoms with E-state index >= 15 is 0 Å². The van der Waals surface area contributed by atoms with Gasteiger partial charge in [0, 0.05) is 0 Å². The maximum Gasteiger partial charge on any atom is 0.248 e. The second kappa shape index (κ2) is 5.59. The largest absolute Gasteiger partial charge is 0.344 e. The first-order chi connectivity index (χ1) is 10.5. The second-order valence-electron chi connectivity index (χ2n) is 5.32. The molecule has 0 fully saturated rings. The standard InChI is InChI=1S/C15H17N5O2/c1-8(15-19-10(3)20-22-15)16-14(21)7-11-4-5-12-13(6-11)18-9(2)17-12/h4-6,8H,7H2,1-3H3,(H,16,21)(H,17,18)/t8-/m0/s1. The van der Waals surface area contributed by atoms with Gasteiger partial charge < -0.3 is 14.8 Å². The fourth-order valence-electron chi connectivity index (χ4n) is 2.32. The Morgan fingerprint density at radius 3 is 2.91 bits per heavy atom. The zero-order chi connectivity index (χ0) is 15.7. The molecule has 1 aromatic carbocycles. The van der Waals surface area contributed by atoms with E-state index in [0.29, 0.717) is 11.7 Å². The van der Waals surface area contributed by atoms with Crippen LogP contribution in [0.1, 0.15) is 36.1 Å². The molecular weight excluding hydrogens is 282 g/mol. The molecule has 0 saturated heterocycles. The number of rotatable bonds is 4. The smallest absolute Gasteiger partial charge is 0.248 e. The number of carbonyl (C=O) groups excluding carboxylic acids is 1. The van der Waals surface area contributed by atoms with Crippen molar-refractivity contribution in [3.8, 4) is 0 Å². The van der Waals surface area contributed by atoms with Crippen LogP contribution in [-0.4, -0.2) is 26.0 Å². The molecular formula is C15H17N5O2. The fourth-order valence-corrected chi connectivity index (χ4v) is 2.32. The highest BCUT2D eigenvalue weighted by molar-refractivity contribution is 5.81. The van der Waals surface area contributed by atoms with Crippen molar-refractivity contribution in [3.05, 3.63) is 41.3 Å². The van der Waals surface area contributed by atoms with E-state index in [1.807, 2.05) is 32.0 Å². The predicted molar refractivity (Wildman–Crippen MR) is 80.1 cm³/mol. The summed E-state index contributed by atoms with van der Waals surface area (Å²) < 4.78 is 5.05. The van der Waals surface area contributed by atoms with Gasteiger partial charge in [-0.25, -0.2) is 4.98 Å². The van der Waals surface area contributed by atoms with Crippen LogP contribution in [0.5, 0.6) is 0 Å². The SMILES string of the molecule is Cc1noc([C@H](C)NC(=O)Cc2ccc3nc(C)[nH]c3c2)n1. The number of H-pyrrole nitrogens is 1. The van der Waals surface area contributed by atoms with Crippen LogP contribution in [0.15, 0.2) is 22.7 Å². The van der Waals surface area contributed by atoms with Crippen molar-refractivity contribution in [2.75, 3.05) is 0 Å². The zero-order valence-corrected chi connectivity index (χ0v) is 12.7. The van der Waals surface area contributed by atoms with Crippen LogP contribution in [0.2, 0.25) is 0 Å². The van der Waals surface area contributed by atoms with Gasteiger partial charge in [-0.2, -0.15) is 4.98 Å². The maximum atomic E-state index is 12.1. The summed E-state index contributed by atoms with van der Waals surface area (Å²) >= 11 is 0. The lowest BCUT2D eigenvalue weighted by molar-refractivity contribution is -0.121. The summed E-state index contributed by atoms with van der Waals surface area (Å²) in [4.78, 5) is 23.7. The topological polar surface area (TPSA) is 96.7 Å². The molecule has 7 nitrogen and oxygen atoms in total. The third-order valence-electron chi connectivity index (χ3n) is 3.32. The van der Waals surface area contributed by atoms with Gasteiger partial charge in [-0.15, -0.1) is 0 Å². The Morgan fingerprint density at radius 1 is 1.36 bits per heavy atom. The van der Waals surface area contributed by atoms with Gasteiger partial charge in [-0.3, -0.25) is 4.79 Å². The van der Waals surface area contributed by atoms with Crippen LogP contribution in [0.25, 0.3) is 11.0 Å². The van der Waals surface area contributed by atoms with E-state index in [1.165, 1.54) is 0 Å². The summed E-state index contributed by atoms with van der Waals surface area (Å²) in [5, 5.41) is 6.57. The first-order valence-corrected chi connectivity index (χ1v) is 7.06. The Kier molecular flexibility index (Phi) is 3.62. The van der Waals surface area contributed by atoms with Gasteiger partial charge in [0.1, 0.15) is 11.9 Å². The van der Waals surface area contributed by atoms with E-state index in [2.05, 4.69) is 25.4 Å². The minimum absolute atomic E-state index is 0.0982. The lowest BCUT2D eigenvalue weighted by Gasteiger charge is -2.09. The number of aromatic amines is 1.